The van der Waals surface area contributed by atoms with Gasteiger partial charge in [0.25, 0.3) is 0 Å². The molecule has 0 saturated heterocycles. The van der Waals surface area contributed by atoms with Crippen molar-refractivity contribution in [2.75, 3.05) is 0 Å². The summed E-state index contributed by atoms with van der Waals surface area (Å²) in [4.78, 5) is 0. The third-order valence-corrected chi connectivity index (χ3v) is 1.72. The van der Waals surface area contributed by atoms with Crippen molar-refractivity contribution >= 4 is 12.6 Å². The minimum Gasteiger partial charge on any atom is -0.508 e. The molecule has 82 valence electrons. The van der Waals surface area contributed by atoms with Crippen LogP contribution in [-0.4, -0.2) is 22.3 Å². The summed E-state index contributed by atoms with van der Waals surface area (Å²) in [7, 11) is -2.51. The molecule has 1 rings (SSSR count). The smallest absolute Gasteiger partial charge is 0.495 e. The molecular formula is C7H5BF4O3. The Morgan fingerprint density at radius 2 is 1.67 bits per heavy atom. The van der Waals surface area contributed by atoms with Gasteiger partial charge < -0.3 is 15.2 Å². The molecule has 8 heteroatoms. The summed E-state index contributed by atoms with van der Waals surface area (Å²) in [6.45, 7) is 0. The summed E-state index contributed by atoms with van der Waals surface area (Å²) >= 11 is 0. The highest BCUT2D eigenvalue weighted by atomic mass is 19.4. The molecule has 0 radical (unpaired) electrons. The van der Waals surface area contributed by atoms with Gasteiger partial charge in [-0.25, -0.2) is 4.39 Å². The lowest BCUT2D eigenvalue weighted by molar-refractivity contribution is -0.139. The van der Waals surface area contributed by atoms with E-state index in [-0.39, 0.29) is 0 Å². The number of halogens is 4. The predicted octanol–water partition coefficient (Wildman–Crippen LogP) is 0.230. The van der Waals surface area contributed by atoms with Crippen LogP contribution in [0.5, 0.6) is 5.75 Å². The third kappa shape index (κ3) is 2.21. The van der Waals surface area contributed by atoms with Gasteiger partial charge in [-0.3, -0.25) is 0 Å². The number of hydrogen-bond donors (Lipinski definition) is 3. The Balaban J connectivity index is 3.42. The molecule has 1 aromatic carbocycles. The van der Waals surface area contributed by atoms with Crippen molar-refractivity contribution < 1.29 is 32.7 Å². The monoisotopic (exact) mass is 224 g/mol. The van der Waals surface area contributed by atoms with E-state index < -0.39 is 35.9 Å². The first-order valence-corrected chi connectivity index (χ1v) is 3.70. The normalized spacial score (nSPS) is 11.6. The maximum absolute atomic E-state index is 13.1. The van der Waals surface area contributed by atoms with Crippen LogP contribution in [0.1, 0.15) is 5.56 Å². The van der Waals surface area contributed by atoms with Crippen molar-refractivity contribution in [1.82, 2.24) is 0 Å². The van der Waals surface area contributed by atoms with Crippen LogP contribution < -0.4 is 5.46 Å². The average Bonchev–Trinajstić information content (AvgIpc) is 2.00. The van der Waals surface area contributed by atoms with Gasteiger partial charge in [0.2, 0.25) is 0 Å². The quantitative estimate of drug-likeness (QED) is 0.472. The Labute approximate surface area is 81.7 Å². The van der Waals surface area contributed by atoms with Crippen LogP contribution in [0.2, 0.25) is 0 Å². The summed E-state index contributed by atoms with van der Waals surface area (Å²) in [5.41, 5.74) is -2.85. The molecule has 0 amide bonds. The Morgan fingerprint density at radius 1 is 1.13 bits per heavy atom. The molecular weight excluding hydrogens is 219 g/mol. The first kappa shape index (κ1) is 11.8. The molecule has 0 heterocycles. The van der Waals surface area contributed by atoms with Crippen molar-refractivity contribution in [3.05, 3.63) is 23.5 Å². The fourth-order valence-electron chi connectivity index (χ4n) is 1.05. The van der Waals surface area contributed by atoms with Crippen LogP contribution in [0.3, 0.4) is 0 Å². The van der Waals surface area contributed by atoms with Crippen LogP contribution >= 0.6 is 0 Å². The van der Waals surface area contributed by atoms with Crippen molar-refractivity contribution in [3.8, 4) is 5.75 Å². The zero-order valence-corrected chi connectivity index (χ0v) is 7.09. The van der Waals surface area contributed by atoms with E-state index in [0.717, 1.165) is 0 Å². The first-order chi connectivity index (χ1) is 6.75. The summed E-state index contributed by atoms with van der Waals surface area (Å²) in [5, 5.41) is 26.1. The topological polar surface area (TPSA) is 60.7 Å². The van der Waals surface area contributed by atoms with Crippen molar-refractivity contribution in [3.63, 3.8) is 0 Å². The van der Waals surface area contributed by atoms with E-state index >= 15 is 0 Å². The molecule has 1 aromatic rings. The molecule has 3 nitrogen and oxygen atoms in total. The first-order valence-electron chi connectivity index (χ1n) is 3.70. The van der Waals surface area contributed by atoms with E-state index in [1.165, 1.54) is 0 Å². The zero-order valence-electron chi connectivity index (χ0n) is 7.09. The largest absolute Gasteiger partial charge is 0.508 e. The number of benzene rings is 1. The Kier molecular flexibility index (Phi) is 2.92. The van der Waals surface area contributed by atoms with Crippen molar-refractivity contribution in [1.29, 1.82) is 0 Å². The van der Waals surface area contributed by atoms with E-state index in [4.69, 9.17) is 15.2 Å². The van der Waals surface area contributed by atoms with E-state index in [2.05, 4.69) is 0 Å². The Bertz CT molecular complexity index is 377. The summed E-state index contributed by atoms with van der Waals surface area (Å²) in [5.74, 6) is -2.84. The van der Waals surface area contributed by atoms with Gasteiger partial charge in [0, 0.05) is 0 Å². The number of aromatic hydroxyl groups is 1. The molecule has 0 fully saturated rings. The SMILES string of the molecule is OB(O)c1c(O)ccc(C(F)(F)F)c1F. The number of alkyl halides is 3. The molecule has 0 aliphatic rings. The molecule has 0 spiro atoms. The molecule has 15 heavy (non-hydrogen) atoms. The summed E-state index contributed by atoms with van der Waals surface area (Å²) in [6, 6.07) is 0.858. The molecule has 0 unspecified atom stereocenters. The zero-order chi connectivity index (χ0) is 11.8. The molecule has 0 aliphatic heterocycles. The van der Waals surface area contributed by atoms with Gasteiger partial charge in [-0.2, -0.15) is 13.2 Å². The van der Waals surface area contributed by atoms with Gasteiger partial charge in [-0.05, 0) is 12.1 Å². The second kappa shape index (κ2) is 3.71. The highest BCUT2D eigenvalue weighted by Crippen LogP contribution is 2.31. The molecule has 0 aliphatic carbocycles. The third-order valence-electron chi connectivity index (χ3n) is 1.72. The lowest BCUT2D eigenvalue weighted by Gasteiger charge is -2.11. The van der Waals surface area contributed by atoms with Gasteiger partial charge in [0.05, 0.1) is 11.0 Å². The highest BCUT2D eigenvalue weighted by Gasteiger charge is 2.37. The summed E-state index contributed by atoms with van der Waals surface area (Å²) < 4.78 is 49.5. The van der Waals surface area contributed by atoms with E-state index in [1.54, 1.807) is 0 Å². The Hall–Kier alpha value is -1.28. The predicted molar refractivity (Wildman–Crippen MR) is 42.9 cm³/mol. The van der Waals surface area contributed by atoms with Crippen molar-refractivity contribution in [2.24, 2.45) is 0 Å². The van der Waals surface area contributed by atoms with Gasteiger partial charge in [-0.15, -0.1) is 0 Å². The van der Waals surface area contributed by atoms with Crippen LogP contribution in [0.25, 0.3) is 0 Å². The molecule has 0 saturated carbocycles. The standard InChI is InChI=1S/C7H5BF4O3/c9-6-3(7(10,11)12)1-2-4(13)5(6)8(14)15/h1-2,13-15H. The van der Waals surface area contributed by atoms with Crippen molar-refractivity contribution in [2.45, 2.75) is 6.18 Å². The molecule has 0 bridgehead atoms. The molecule has 0 aromatic heterocycles. The highest BCUT2D eigenvalue weighted by molar-refractivity contribution is 6.59. The van der Waals surface area contributed by atoms with E-state index in [1.807, 2.05) is 0 Å². The van der Waals surface area contributed by atoms with Crippen LogP contribution in [0.15, 0.2) is 12.1 Å². The lowest BCUT2D eigenvalue weighted by Crippen LogP contribution is -2.34. The van der Waals surface area contributed by atoms with Crippen LogP contribution in [0.4, 0.5) is 17.6 Å². The van der Waals surface area contributed by atoms with Crippen LogP contribution in [-0.2, 0) is 6.18 Å². The second-order valence-electron chi connectivity index (χ2n) is 2.73. The molecule has 3 N–H and O–H groups in total. The van der Waals surface area contributed by atoms with E-state index in [9.17, 15) is 17.6 Å². The second-order valence-corrected chi connectivity index (χ2v) is 2.73. The van der Waals surface area contributed by atoms with Gasteiger partial charge in [0.1, 0.15) is 11.6 Å². The fraction of sp³-hybridized carbons (Fsp3) is 0.143. The number of hydrogen-bond acceptors (Lipinski definition) is 3. The summed E-state index contributed by atoms with van der Waals surface area (Å²) in [6.07, 6.45) is -4.96. The minimum absolute atomic E-state index is 0.316. The minimum atomic E-state index is -4.96. The number of rotatable bonds is 1. The van der Waals surface area contributed by atoms with E-state index in [0.29, 0.717) is 12.1 Å². The lowest BCUT2D eigenvalue weighted by atomic mass is 9.78. The van der Waals surface area contributed by atoms with Crippen LogP contribution in [0, 0.1) is 5.82 Å². The maximum atomic E-state index is 13.1. The van der Waals surface area contributed by atoms with Gasteiger partial charge in [0.15, 0.2) is 0 Å². The number of phenolic OH excluding ortho intramolecular Hbond substituents is 1. The molecule has 0 atom stereocenters. The van der Waals surface area contributed by atoms with Gasteiger partial charge >= 0.3 is 13.3 Å². The maximum Gasteiger partial charge on any atom is 0.495 e. The number of phenols is 1. The fourth-order valence-corrected chi connectivity index (χ4v) is 1.05. The van der Waals surface area contributed by atoms with Gasteiger partial charge in [-0.1, -0.05) is 0 Å². The Morgan fingerprint density at radius 3 is 2.07 bits per heavy atom. The average molecular weight is 224 g/mol.